The van der Waals surface area contributed by atoms with Crippen LogP contribution in [0.3, 0.4) is 0 Å². The largest absolute Gasteiger partial charge is 0.305 e. The SMILES string of the molecule is Cc1cc(C)c(-c2ccn(C)n2)[c-]c1-c1ccn(C)n1.[Cl][Ir+2].[c-]1ccccc1-c1ccccn1. The van der Waals surface area contributed by atoms with Crippen LogP contribution in [0.4, 0.5) is 0 Å². The van der Waals surface area contributed by atoms with E-state index in [1.807, 2.05) is 90.4 Å². The van der Waals surface area contributed by atoms with Gasteiger partial charge in [0.2, 0.25) is 0 Å². The topological polar surface area (TPSA) is 48.5 Å². The normalized spacial score (nSPS) is 10.1. The summed E-state index contributed by atoms with van der Waals surface area (Å²) in [6, 6.07) is 26.5. The molecule has 0 amide bonds. The second-order valence-corrected chi connectivity index (χ2v) is 7.63. The molecule has 0 spiro atoms. The van der Waals surface area contributed by atoms with Crippen LogP contribution in [-0.4, -0.2) is 24.5 Å². The standard InChI is InChI=1S/C16H17N4.C11H8N.ClH.Ir/c1-11-9-12(2)14(16-6-8-20(4)18-16)10-13(11)15-5-7-19(3)17-15;1-2-6-10(7-3-1)11-8-4-5-9-12-11;;/h5-9H,1-4H3;1-6,8-9H;1H;/q2*-1;;+3/p-1. The number of benzene rings is 2. The van der Waals surface area contributed by atoms with E-state index in [9.17, 15) is 0 Å². The minimum absolute atomic E-state index is 0.946. The number of aromatic nitrogens is 5. The number of hydrogen-bond donors (Lipinski definition) is 0. The summed E-state index contributed by atoms with van der Waals surface area (Å²) in [7, 11) is 8.49. The van der Waals surface area contributed by atoms with Crippen LogP contribution in [0.25, 0.3) is 33.8 Å². The van der Waals surface area contributed by atoms with Gasteiger partial charge in [0.25, 0.3) is 0 Å². The van der Waals surface area contributed by atoms with E-state index in [4.69, 9.17) is 0 Å². The fraction of sp³-hybridized carbons (Fsp3) is 0.148. The molecular weight excluding hydrogens is 622 g/mol. The van der Waals surface area contributed by atoms with Gasteiger partial charge in [0.15, 0.2) is 0 Å². The Morgan fingerprint density at radius 2 is 1.35 bits per heavy atom. The predicted molar refractivity (Wildman–Crippen MR) is 134 cm³/mol. The maximum atomic E-state index is 4.64. The zero-order valence-electron chi connectivity index (χ0n) is 19.5. The van der Waals surface area contributed by atoms with Crippen molar-refractivity contribution in [3.05, 3.63) is 103 Å². The molecule has 0 saturated carbocycles. The summed E-state index contributed by atoms with van der Waals surface area (Å²) in [6.07, 6.45) is 5.68. The van der Waals surface area contributed by atoms with Crippen molar-refractivity contribution in [2.45, 2.75) is 13.8 Å². The summed E-state index contributed by atoms with van der Waals surface area (Å²) in [5, 5.41) is 8.94. The number of halogens is 1. The zero-order chi connectivity index (χ0) is 24.5. The van der Waals surface area contributed by atoms with Crippen LogP contribution in [0.1, 0.15) is 11.1 Å². The van der Waals surface area contributed by atoms with Crippen molar-refractivity contribution in [3.63, 3.8) is 0 Å². The zero-order valence-corrected chi connectivity index (χ0v) is 22.6. The molecule has 0 unspecified atom stereocenters. The van der Waals surface area contributed by atoms with E-state index in [-0.39, 0.29) is 0 Å². The third-order valence-corrected chi connectivity index (χ3v) is 5.06. The van der Waals surface area contributed by atoms with Gasteiger partial charge in [0.1, 0.15) is 0 Å². The smallest absolute Gasteiger partial charge is 0.0160 e. The molecule has 0 aliphatic heterocycles. The van der Waals surface area contributed by atoms with E-state index >= 15 is 0 Å². The third-order valence-electron chi connectivity index (χ3n) is 5.06. The van der Waals surface area contributed by atoms with Gasteiger partial charge in [-0.15, -0.1) is 59.2 Å². The molecule has 5 nitrogen and oxygen atoms in total. The summed E-state index contributed by atoms with van der Waals surface area (Å²) < 4.78 is 3.62. The minimum Gasteiger partial charge on any atom is -0.305 e. The van der Waals surface area contributed by atoms with Crippen LogP contribution in [0.15, 0.2) is 79.3 Å². The molecule has 34 heavy (non-hydrogen) atoms. The molecule has 7 heteroatoms. The van der Waals surface area contributed by atoms with E-state index in [0.29, 0.717) is 0 Å². The van der Waals surface area contributed by atoms with Crippen LogP contribution in [-0.2, 0) is 32.0 Å². The monoisotopic (exact) mass is 647 g/mol. The average Bonchev–Trinajstić information content (AvgIpc) is 3.50. The number of rotatable bonds is 3. The fourth-order valence-corrected chi connectivity index (χ4v) is 3.49. The van der Waals surface area contributed by atoms with Crippen LogP contribution < -0.4 is 0 Å². The van der Waals surface area contributed by atoms with Crippen molar-refractivity contribution < 1.29 is 17.9 Å². The third kappa shape index (κ3) is 6.51. The van der Waals surface area contributed by atoms with Crippen molar-refractivity contribution in [1.82, 2.24) is 24.5 Å². The quantitative estimate of drug-likeness (QED) is 0.221. The van der Waals surface area contributed by atoms with Crippen molar-refractivity contribution in [1.29, 1.82) is 0 Å². The Bertz CT molecular complexity index is 1210. The Balaban J connectivity index is 0.000000197. The van der Waals surface area contributed by atoms with Crippen molar-refractivity contribution in [2.24, 2.45) is 14.1 Å². The van der Waals surface area contributed by atoms with Gasteiger partial charge in [0.05, 0.1) is 0 Å². The van der Waals surface area contributed by atoms with Crippen LogP contribution >= 0.6 is 9.58 Å². The van der Waals surface area contributed by atoms with Gasteiger partial charge in [-0.3, -0.25) is 9.36 Å². The van der Waals surface area contributed by atoms with Gasteiger partial charge in [0, 0.05) is 44.1 Å². The molecule has 0 atom stereocenters. The van der Waals surface area contributed by atoms with Crippen LogP contribution in [0, 0.1) is 26.0 Å². The number of pyridine rings is 1. The Kier molecular flexibility index (Phi) is 9.34. The Hall–Kier alpha value is -3.05. The van der Waals surface area contributed by atoms with Gasteiger partial charge in [-0.2, -0.15) is 0 Å². The van der Waals surface area contributed by atoms with Crippen molar-refractivity contribution >= 4 is 9.58 Å². The minimum atomic E-state index is 0.946. The maximum absolute atomic E-state index is 4.64. The molecule has 2 aromatic carbocycles. The van der Waals surface area contributed by atoms with Gasteiger partial charge in [-0.25, -0.2) is 10.2 Å². The molecule has 5 aromatic rings. The first-order chi connectivity index (χ1) is 16.5. The van der Waals surface area contributed by atoms with E-state index in [0.717, 1.165) is 33.8 Å². The molecular formula is C27H25ClIrN5. The molecule has 0 N–H and O–H groups in total. The van der Waals surface area contributed by atoms with E-state index in [1.54, 1.807) is 6.20 Å². The second-order valence-electron chi connectivity index (χ2n) is 7.63. The average molecular weight is 647 g/mol. The Labute approximate surface area is 215 Å². The van der Waals surface area contributed by atoms with E-state index < -0.39 is 0 Å². The molecule has 3 aromatic heterocycles. The molecule has 3 heterocycles. The Morgan fingerprint density at radius 3 is 1.79 bits per heavy atom. The predicted octanol–water partition coefficient (Wildman–Crippen LogP) is 6.14. The molecule has 0 bridgehead atoms. The first-order valence-corrected chi connectivity index (χ1v) is 13.5. The van der Waals surface area contributed by atoms with Crippen LogP contribution in [0.2, 0.25) is 0 Å². The van der Waals surface area contributed by atoms with Crippen LogP contribution in [0.5, 0.6) is 0 Å². The summed E-state index contributed by atoms with van der Waals surface area (Å²) >= 11 is 1.47. The van der Waals surface area contributed by atoms with Gasteiger partial charge < -0.3 is 4.98 Å². The van der Waals surface area contributed by atoms with Gasteiger partial charge >= 0.3 is 27.5 Å². The summed E-state index contributed by atoms with van der Waals surface area (Å²) in [5.41, 5.74) is 8.34. The number of aryl methyl sites for hydroxylation is 4. The maximum Gasteiger partial charge on any atom is 0.0160 e. The molecule has 5 rings (SSSR count). The van der Waals surface area contributed by atoms with Crippen molar-refractivity contribution in [2.75, 3.05) is 0 Å². The summed E-state index contributed by atoms with van der Waals surface area (Å²) in [4.78, 5) is 4.22. The Morgan fingerprint density at radius 1 is 0.765 bits per heavy atom. The van der Waals surface area contributed by atoms with E-state index in [2.05, 4.69) is 56.8 Å². The molecule has 0 aliphatic carbocycles. The van der Waals surface area contributed by atoms with Gasteiger partial charge in [-0.1, -0.05) is 49.2 Å². The van der Waals surface area contributed by atoms with E-state index in [1.165, 1.54) is 29.0 Å². The van der Waals surface area contributed by atoms with Gasteiger partial charge in [-0.05, 0) is 11.8 Å². The molecule has 0 radical (unpaired) electrons. The number of hydrogen-bond acceptors (Lipinski definition) is 3. The van der Waals surface area contributed by atoms with Crippen molar-refractivity contribution in [3.8, 4) is 33.8 Å². The summed E-state index contributed by atoms with van der Waals surface area (Å²) in [6.45, 7) is 4.19. The molecule has 174 valence electrons. The fourth-order valence-electron chi connectivity index (χ4n) is 3.49. The number of nitrogens with zero attached hydrogens (tertiary/aromatic N) is 5. The molecule has 0 saturated heterocycles. The first kappa shape index (κ1) is 25.6. The molecule has 0 fully saturated rings. The first-order valence-electron chi connectivity index (χ1n) is 10.6. The second kappa shape index (κ2) is 12.4. The molecule has 0 aliphatic rings. The summed E-state index contributed by atoms with van der Waals surface area (Å²) in [5.74, 6) is 0.